The molecule has 7 nitrogen and oxygen atoms in total. The molecule has 2 aromatic heterocycles. The van der Waals surface area contributed by atoms with Gasteiger partial charge in [-0.05, 0) is 31.9 Å². The minimum absolute atomic E-state index is 0.00756. The van der Waals surface area contributed by atoms with Crippen molar-refractivity contribution < 1.29 is 9.53 Å². The zero-order valence-corrected chi connectivity index (χ0v) is 12.6. The maximum absolute atomic E-state index is 12.7. The van der Waals surface area contributed by atoms with Gasteiger partial charge in [0.05, 0.1) is 6.10 Å². The van der Waals surface area contributed by atoms with Crippen LogP contribution in [0.3, 0.4) is 0 Å². The molecule has 1 aliphatic heterocycles. The predicted molar refractivity (Wildman–Crippen MR) is 79.7 cm³/mol. The summed E-state index contributed by atoms with van der Waals surface area (Å²) in [5.74, 6) is 0.592. The number of aromatic nitrogens is 4. The fraction of sp³-hybridized carbons (Fsp3) is 0.467. The van der Waals surface area contributed by atoms with Crippen molar-refractivity contribution in [3.8, 4) is 5.82 Å². The Hall–Kier alpha value is -2.28. The Morgan fingerprint density at radius 3 is 3.18 bits per heavy atom. The third-order valence-electron chi connectivity index (χ3n) is 3.71. The number of ether oxygens (including phenoxy) is 1. The van der Waals surface area contributed by atoms with E-state index in [0.717, 1.165) is 19.4 Å². The summed E-state index contributed by atoms with van der Waals surface area (Å²) in [6.45, 7) is 4.07. The first-order valence-electron chi connectivity index (χ1n) is 7.50. The number of amides is 1. The van der Waals surface area contributed by atoms with Crippen LogP contribution in [0.4, 0.5) is 0 Å². The number of hydrogen-bond donors (Lipinski definition) is 0. The molecule has 0 radical (unpaired) electrons. The zero-order valence-electron chi connectivity index (χ0n) is 12.6. The van der Waals surface area contributed by atoms with E-state index in [9.17, 15) is 4.79 Å². The van der Waals surface area contributed by atoms with Crippen LogP contribution in [0.2, 0.25) is 0 Å². The van der Waals surface area contributed by atoms with E-state index >= 15 is 0 Å². The standard InChI is InChI=1S/C15H19N5O2/c1-2-22-13-4-3-7-19(9-13)15(21)12-5-6-17-14(8-12)20-11-16-10-18-20/h5-6,8,10-11,13H,2-4,7,9H2,1H3/t13-/m0/s1. The molecule has 7 heteroatoms. The molecule has 0 bridgehead atoms. The van der Waals surface area contributed by atoms with Gasteiger partial charge in [0, 0.05) is 31.5 Å². The minimum Gasteiger partial charge on any atom is -0.377 e. The first-order chi connectivity index (χ1) is 10.8. The van der Waals surface area contributed by atoms with Crippen LogP contribution in [-0.4, -0.2) is 56.4 Å². The highest BCUT2D eigenvalue weighted by Crippen LogP contribution is 2.17. The Labute approximate surface area is 128 Å². The SMILES string of the molecule is CCO[C@H]1CCCN(C(=O)c2ccnc(-n3cncn3)c2)C1. The third-order valence-corrected chi connectivity index (χ3v) is 3.71. The summed E-state index contributed by atoms with van der Waals surface area (Å²) in [6, 6.07) is 3.47. The Morgan fingerprint density at radius 1 is 1.50 bits per heavy atom. The molecule has 3 heterocycles. The van der Waals surface area contributed by atoms with Crippen molar-refractivity contribution in [1.29, 1.82) is 0 Å². The fourth-order valence-corrected chi connectivity index (χ4v) is 2.68. The van der Waals surface area contributed by atoms with Gasteiger partial charge >= 0.3 is 0 Å². The first-order valence-corrected chi connectivity index (χ1v) is 7.50. The molecule has 1 atom stereocenters. The highest BCUT2D eigenvalue weighted by molar-refractivity contribution is 5.94. The van der Waals surface area contributed by atoms with Gasteiger partial charge in [0.2, 0.25) is 0 Å². The number of carbonyl (C=O) groups excluding carboxylic acids is 1. The van der Waals surface area contributed by atoms with Gasteiger partial charge in [-0.15, -0.1) is 0 Å². The lowest BCUT2D eigenvalue weighted by Crippen LogP contribution is -2.43. The maximum Gasteiger partial charge on any atom is 0.254 e. The number of nitrogens with zero attached hydrogens (tertiary/aromatic N) is 5. The van der Waals surface area contributed by atoms with Crippen molar-refractivity contribution >= 4 is 5.91 Å². The van der Waals surface area contributed by atoms with E-state index in [1.165, 1.54) is 11.0 Å². The van der Waals surface area contributed by atoms with E-state index in [1.807, 2.05) is 11.8 Å². The van der Waals surface area contributed by atoms with Crippen molar-refractivity contribution in [2.45, 2.75) is 25.9 Å². The van der Waals surface area contributed by atoms with E-state index in [0.29, 0.717) is 24.5 Å². The Kier molecular flexibility index (Phi) is 4.43. The summed E-state index contributed by atoms with van der Waals surface area (Å²) >= 11 is 0. The molecule has 22 heavy (non-hydrogen) atoms. The number of pyridine rings is 1. The fourth-order valence-electron chi connectivity index (χ4n) is 2.68. The monoisotopic (exact) mass is 301 g/mol. The van der Waals surface area contributed by atoms with Crippen molar-refractivity contribution in [3.63, 3.8) is 0 Å². The Bertz CT molecular complexity index is 627. The first kappa shape index (κ1) is 14.6. The third kappa shape index (κ3) is 3.14. The molecule has 116 valence electrons. The molecule has 1 amide bonds. The average molecular weight is 301 g/mol. The van der Waals surface area contributed by atoms with E-state index in [-0.39, 0.29) is 12.0 Å². The second-order valence-corrected chi connectivity index (χ2v) is 5.21. The molecule has 1 saturated heterocycles. The second kappa shape index (κ2) is 6.65. The molecule has 0 saturated carbocycles. The number of rotatable bonds is 4. The normalized spacial score (nSPS) is 18.4. The molecule has 1 aliphatic rings. The highest BCUT2D eigenvalue weighted by atomic mass is 16.5. The van der Waals surface area contributed by atoms with Gasteiger partial charge in [0.25, 0.3) is 5.91 Å². The average Bonchev–Trinajstić information content (AvgIpc) is 3.09. The van der Waals surface area contributed by atoms with Crippen LogP contribution < -0.4 is 0 Å². The van der Waals surface area contributed by atoms with Gasteiger partial charge < -0.3 is 9.64 Å². The minimum atomic E-state index is 0.00756. The summed E-state index contributed by atoms with van der Waals surface area (Å²) < 4.78 is 7.19. The van der Waals surface area contributed by atoms with Crippen molar-refractivity contribution in [3.05, 3.63) is 36.5 Å². The van der Waals surface area contributed by atoms with Crippen LogP contribution in [-0.2, 0) is 4.74 Å². The van der Waals surface area contributed by atoms with Crippen LogP contribution in [0.25, 0.3) is 5.82 Å². The van der Waals surface area contributed by atoms with E-state index < -0.39 is 0 Å². The number of carbonyl (C=O) groups is 1. The van der Waals surface area contributed by atoms with Crippen molar-refractivity contribution in [1.82, 2.24) is 24.6 Å². The lowest BCUT2D eigenvalue weighted by molar-refractivity contribution is 0.00724. The van der Waals surface area contributed by atoms with Crippen molar-refractivity contribution in [2.75, 3.05) is 19.7 Å². The van der Waals surface area contributed by atoms with E-state index in [4.69, 9.17) is 4.74 Å². The predicted octanol–water partition coefficient (Wildman–Crippen LogP) is 1.30. The smallest absolute Gasteiger partial charge is 0.254 e. The molecule has 0 N–H and O–H groups in total. The van der Waals surface area contributed by atoms with Crippen LogP contribution in [0.5, 0.6) is 0 Å². The van der Waals surface area contributed by atoms with Gasteiger partial charge in [-0.2, -0.15) is 5.10 Å². The van der Waals surface area contributed by atoms with Crippen LogP contribution >= 0.6 is 0 Å². The van der Waals surface area contributed by atoms with Gasteiger partial charge in [-0.3, -0.25) is 4.79 Å². The summed E-state index contributed by atoms with van der Waals surface area (Å²) in [6.07, 6.45) is 6.74. The van der Waals surface area contributed by atoms with Crippen LogP contribution in [0, 0.1) is 0 Å². The molecule has 3 rings (SSSR count). The largest absolute Gasteiger partial charge is 0.377 e. The van der Waals surface area contributed by atoms with Gasteiger partial charge in [-0.25, -0.2) is 14.6 Å². The summed E-state index contributed by atoms with van der Waals surface area (Å²) in [5.41, 5.74) is 0.609. The van der Waals surface area contributed by atoms with Gasteiger partial charge in [-0.1, -0.05) is 0 Å². The number of piperidine rings is 1. The van der Waals surface area contributed by atoms with Crippen LogP contribution in [0.15, 0.2) is 31.0 Å². The lowest BCUT2D eigenvalue weighted by atomic mass is 10.1. The van der Waals surface area contributed by atoms with Crippen molar-refractivity contribution in [2.24, 2.45) is 0 Å². The molecule has 0 unspecified atom stereocenters. The summed E-state index contributed by atoms with van der Waals surface area (Å²) in [5, 5.41) is 4.03. The quantitative estimate of drug-likeness (QED) is 0.851. The maximum atomic E-state index is 12.7. The number of likely N-dealkylation sites (tertiary alicyclic amines) is 1. The molecule has 0 aromatic carbocycles. The van der Waals surface area contributed by atoms with Gasteiger partial charge in [0.1, 0.15) is 12.7 Å². The van der Waals surface area contributed by atoms with Gasteiger partial charge in [0.15, 0.2) is 5.82 Å². The van der Waals surface area contributed by atoms with Crippen LogP contribution in [0.1, 0.15) is 30.1 Å². The zero-order chi connectivity index (χ0) is 15.4. The topological polar surface area (TPSA) is 73.1 Å². The number of hydrogen-bond acceptors (Lipinski definition) is 5. The van der Waals surface area contributed by atoms with E-state index in [2.05, 4.69) is 15.1 Å². The summed E-state index contributed by atoms with van der Waals surface area (Å²) in [7, 11) is 0. The molecule has 0 aliphatic carbocycles. The highest BCUT2D eigenvalue weighted by Gasteiger charge is 2.25. The Morgan fingerprint density at radius 2 is 2.41 bits per heavy atom. The molecule has 2 aromatic rings. The summed E-state index contributed by atoms with van der Waals surface area (Å²) in [4.78, 5) is 22.6. The molecular formula is C15H19N5O2. The lowest BCUT2D eigenvalue weighted by Gasteiger charge is -2.32. The Balaban J connectivity index is 1.76. The second-order valence-electron chi connectivity index (χ2n) is 5.21. The molecule has 0 spiro atoms. The van der Waals surface area contributed by atoms with E-state index in [1.54, 1.807) is 24.7 Å². The molecule has 1 fully saturated rings. The molecular weight excluding hydrogens is 282 g/mol.